The molecule has 0 aliphatic carbocycles. The Morgan fingerprint density at radius 1 is 1.24 bits per heavy atom. The number of pyridine rings is 1. The third-order valence-corrected chi connectivity index (χ3v) is 3.70. The summed E-state index contributed by atoms with van der Waals surface area (Å²) in [7, 11) is 0. The number of thiocarbonyl (C=S) groups is 1. The maximum absolute atomic E-state index is 5.77. The minimum absolute atomic E-state index is 0.436. The number of hydrogen-bond acceptors (Lipinski definition) is 4. The van der Waals surface area contributed by atoms with Crippen molar-refractivity contribution in [1.29, 1.82) is 0 Å². The zero-order valence-corrected chi connectivity index (χ0v) is 14.6. The second-order valence-corrected chi connectivity index (χ2v) is 5.89. The molecule has 2 heterocycles. The average Bonchev–Trinajstić information content (AvgIpc) is 3.10. The highest BCUT2D eigenvalue weighted by molar-refractivity contribution is 7.80. The van der Waals surface area contributed by atoms with Crippen LogP contribution in [0.2, 0.25) is 0 Å². The SMILES string of the molecule is Cc1cccc(-c2ccc(C=NNC(=S)NCc3cccnc3)o2)c1. The van der Waals surface area contributed by atoms with Crippen LogP contribution in [0.4, 0.5) is 0 Å². The topological polar surface area (TPSA) is 62.5 Å². The predicted octanol–water partition coefficient (Wildman–Crippen LogP) is 3.65. The second kappa shape index (κ2) is 8.21. The van der Waals surface area contributed by atoms with Crippen LogP contribution >= 0.6 is 12.2 Å². The Kier molecular flexibility index (Phi) is 5.53. The Hall–Kier alpha value is -2.99. The number of furan rings is 1. The van der Waals surface area contributed by atoms with Crippen molar-refractivity contribution >= 4 is 23.5 Å². The molecule has 0 spiro atoms. The number of hydrazone groups is 1. The Morgan fingerprint density at radius 2 is 2.16 bits per heavy atom. The van der Waals surface area contributed by atoms with Crippen molar-refractivity contribution in [3.05, 3.63) is 77.8 Å². The predicted molar refractivity (Wildman–Crippen MR) is 103 cm³/mol. The molecule has 25 heavy (non-hydrogen) atoms. The molecule has 0 aliphatic rings. The quantitative estimate of drug-likeness (QED) is 0.418. The highest BCUT2D eigenvalue weighted by Gasteiger charge is 2.03. The van der Waals surface area contributed by atoms with Gasteiger partial charge in [-0.1, -0.05) is 29.8 Å². The van der Waals surface area contributed by atoms with Crippen molar-refractivity contribution in [3.8, 4) is 11.3 Å². The van der Waals surface area contributed by atoms with Gasteiger partial charge in [-0.25, -0.2) is 0 Å². The summed E-state index contributed by atoms with van der Waals surface area (Å²) in [6.07, 6.45) is 5.12. The van der Waals surface area contributed by atoms with E-state index in [0.717, 1.165) is 16.9 Å². The molecule has 0 fully saturated rings. The van der Waals surface area contributed by atoms with Gasteiger partial charge >= 0.3 is 0 Å². The number of aromatic nitrogens is 1. The normalized spacial score (nSPS) is 10.8. The van der Waals surface area contributed by atoms with Gasteiger partial charge in [-0.3, -0.25) is 10.4 Å². The molecule has 0 radical (unpaired) electrons. The lowest BCUT2D eigenvalue weighted by Gasteiger charge is -2.06. The van der Waals surface area contributed by atoms with Crippen molar-refractivity contribution in [3.63, 3.8) is 0 Å². The van der Waals surface area contributed by atoms with E-state index >= 15 is 0 Å². The highest BCUT2D eigenvalue weighted by Crippen LogP contribution is 2.22. The first-order chi connectivity index (χ1) is 12.2. The van der Waals surface area contributed by atoms with Gasteiger partial charge in [-0.15, -0.1) is 0 Å². The monoisotopic (exact) mass is 350 g/mol. The smallest absolute Gasteiger partial charge is 0.187 e. The van der Waals surface area contributed by atoms with Crippen molar-refractivity contribution in [2.45, 2.75) is 13.5 Å². The van der Waals surface area contributed by atoms with Gasteiger partial charge < -0.3 is 9.73 Å². The zero-order valence-electron chi connectivity index (χ0n) is 13.8. The number of nitrogens with zero attached hydrogens (tertiary/aromatic N) is 2. The van der Waals surface area contributed by atoms with Crippen LogP contribution in [-0.4, -0.2) is 16.3 Å². The lowest BCUT2D eigenvalue weighted by Crippen LogP contribution is -2.31. The zero-order chi connectivity index (χ0) is 17.5. The molecule has 0 bridgehead atoms. The van der Waals surface area contributed by atoms with Gasteiger partial charge in [0, 0.05) is 24.5 Å². The van der Waals surface area contributed by atoms with E-state index in [9.17, 15) is 0 Å². The second-order valence-electron chi connectivity index (χ2n) is 5.49. The van der Waals surface area contributed by atoms with Crippen molar-refractivity contribution in [2.75, 3.05) is 0 Å². The summed E-state index contributed by atoms with van der Waals surface area (Å²) in [5, 5.41) is 7.58. The van der Waals surface area contributed by atoms with Crippen molar-refractivity contribution in [2.24, 2.45) is 5.10 Å². The molecule has 0 saturated carbocycles. The minimum Gasteiger partial charge on any atom is -0.455 e. The lowest BCUT2D eigenvalue weighted by molar-refractivity contribution is 0.574. The van der Waals surface area contributed by atoms with Crippen LogP contribution in [0.1, 0.15) is 16.9 Å². The van der Waals surface area contributed by atoms with Gasteiger partial charge in [0.05, 0.1) is 6.21 Å². The Labute approximate surface area is 151 Å². The lowest BCUT2D eigenvalue weighted by atomic mass is 10.1. The summed E-state index contributed by atoms with van der Waals surface area (Å²) in [6.45, 7) is 2.64. The third-order valence-electron chi connectivity index (χ3n) is 3.46. The molecule has 0 aliphatic heterocycles. The standard InChI is InChI=1S/C19H18N4OS/c1-14-4-2-6-16(10-14)18-8-7-17(24-18)13-22-23-19(25)21-12-15-5-3-9-20-11-15/h2-11,13H,12H2,1H3,(H2,21,23,25). The molecule has 5 nitrogen and oxygen atoms in total. The van der Waals surface area contributed by atoms with E-state index in [1.165, 1.54) is 5.56 Å². The van der Waals surface area contributed by atoms with Gasteiger partial charge in [0.1, 0.15) is 11.5 Å². The van der Waals surface area contributed by atoms with Gasteiger partial charge in [0.2, 0.25) is 0 Å². The van der Waals surface area contributed by atoms with E-state index < -0.39 is 0 Å². The van der Waals surface area contributed by atoms with E-state index in [1.54, 1.807) is 18.6 Å². The van der Waals surface area contributed by atoms with Gasteiger partial charge in [-0.05, 0) is 49.0 Å². The first-order valence-corrected chi connectivity index (χ1v) is 8.24. The van der Waals surface area contributed by atoms with Crippen LogP contribution in [0.15, 0.2) is 70.4 Å². The summed E-state index contributed by atoms with van der Waals surface area (Å²) in [4.78, 5) is 4.05. The van der Waals surface area contributed by atoms with Crippen molar-refractivity contribution < 1.29 is 4.42 Å². The maximum Gasteiger partial charge on any atom is 0.187 e. The first-order valence-electron chi connectivity index (χ1n) is 7.83. The largest absolute Gasteiger partial charge is 0.455 e. The molecular formula is C19H18N4OS. The van der Waals surface area contributed by atoms with Crippen LogP contribution < -0.4 is 10.7 Å². The van der Waals surface area contributed by atoms with E-state index in [4.69, 9.17) is 16.6 Å². The van der Waals surface area contributed by atoms with Gasteiger partial charge in [-0.2, -0.15) is 5.10 Å². The Morgan fingerprint density at radius 3 is 2.96 bits per heavy atom. The van der Waals surface area contributed by atoms with Crippen LogP contribution in [0.5, 0.6) is 0 Å². The van der Waals surface area contributed by atoms with Crippen molar-refractivity contribution in [1.82, 2.24) is 15.7 Å². The molecular weight excluding hydrogens is 332 g/mol. The molecule has 126 valence electrons. The fourth-order valence-electron chi connectivity index (χ4n) is 2.25. The number of rotatable bonds is 5. The van der Waals surface area contributed by atoms with Crippen LogP contribution in [0, 0.1) is 6.92 Å². The molecule has 2 N–H and O–H groups in total. The van der Waals surface area contributed by atoms with Crippen LogP contribution in [0.3, 0.4) is 0 Å². The fourth-order valence-corrected chi connectivity index (χ4v) is 2.38. The van der Waals surface area contributed by atoms with E-state index in [1.807, 2.05) is 36.4 Å². The molecule has 0 amide bonds. The third kappa shape index (κ3) is 4.99. The van der Waals surface area contributed by atoms with E-state index in [-0.39, 0.29) is 0 Å². The molecule has 3 aromatic rings. The summed E-state index contributed by atoms with van der Waals surface area (Å²) < 4.78 is 5.77. The molecule has 0 saturated heterocycles. The van der Waals surface area contributed by atoms with Gasteiger partial charge in [0.15, 0.2) is 5.11 Å². The molecule has 2 aromatic heterocycles. The summed E-state index contributed by atoms with van der Waals surface area (Å²) in [5.41, 5.74) is 6.05. The number of benzene rings is 1. The molecule has 0 unspecified atom stereocenters. The summed E-state index contributed by atoms with van der Waals surface area (Å²) >= 11 is 5.18. The fraction of sp³-hybridized carbons (Fsp3) is 0.105. The molecule has 3 rings (SSSR count). The number of nitrogens with one attached hydrogen (secondary N) is 2. The van der Waals surface area contributed by atoms with E-state index in [0.29, 0.717) is 17.4 Å². The summed E-state index contributed by atoms with van der Waals surface area (Å²) in [5.74, 6) is 1.46. The van der Waals surface area contributed by atoms with Gasteiger partial charge in [0.25, 0.3) is 0 Å². The van der Waals surface area contributed by atoms with Crippen LogP contribution in [-0.2, 0) is 6.54 Å². The molecule has 1 aromatic carbocycles. The number of aryl methyl sites for hydroxylation is 1. The Balaban J connectivity index is 1.51. The summed E-state index contributed by atoms with van der Waals surface area (Å²) in [6, 6.07) is 15.8. The Bertz CT molecular complexity index is 874. The molecule has 0 atom stereocenters. The average molecular weight is 350 g/mol. The highest BCUT2D eigenvalue weighted by atomic mass is 32.1. The molecule has 6 heteroatoms. The number of hydrogen-bond donors (Lipinski definition) is 2. The minimum atomic E-state index is 0.436. The van der Waals surface area contributed by atoms with Crippen LogP contribution in [0.25, 0.3) is 11.3 Å². The first kappa shape index (κ1) is 16.9. The maximum atomic E-state index is 5.77. The van der Waals surface area contributed by atoms with E-state index in [2.05, 4.69) is 39.9 Å².